The second-order valence-corrected chi connectivity index (χ2v) is 8.12. The smallest absolute Gasteiger partial charge is 0.308 e. The molecule has 0 unspecified atom stereocenters. The number of halogens is 1. The lowest BCUT2D eigenvalue weighted by molar-refractivity contribution is -0.146. The molecule has 6 nitrogen and oxygen atoms in total. The number of carbonyl (C=O) groups excluding carboxylic acids is 1. The molecule has 0 bridgehead atoms. The predicted octanol–water partition coefficient (Wildman–Crippen LogP) is 2.48. The largest absolute Gasteiger partial charge is 0.469 e. The summed E-state index contributed by atoms with van der Waals surface area (Å²) >= 11 is 1.94. The minimum absolute atomic E-state index is 0.132. The van der Waals surface area contributed by atoms with Crippen LogP contribution in [0.4, 0.5) is 5.69 Å². The van der Waals surface area contributed by atoms with Crippen LogP contribution < -0.4 is 10.0 Å². The Balaban J connectivity index is 2.09. The van der Waals surface area contributed by atoms with E-state index in [2.05, 4.69) is 19.9 Å². The molecular weight excluding hydrogens is 455 g/mol. The monoisotopic (exact) mass is 476 g/mol. The zero-order chi connectivity index (χ0) is 18.4. The average Bonchev–Trinajstić information content (AvgIpc) is 2.61. The number of ether oxygens (including phenoxy) is 1. The van der Waals surface area contributed by atoms with Crippen molar-refractivity contribution >= 4 is 44.3 Å². The molecule has 1 fully saturated rings. The van der Waals surface area contributed by atoms with Crippen LogP contribution in [-0.2, 0) is 19.6 Å². The summed E-state index contributed by atoms with van der Waals surface area (Å²) in [5, 5.41) is 2.97. The lowest BCUT2D eigenvalue weighted by Gasteiger charge is -2.27. The zero-order valence-corrected chi connectivity index (χ0v) is 17.1. The van der Waals surface area contributed by atoms with Crippen molar-refractivity contribution < 1.29 is 17.9 Å². The van der Waals surface area contributed by atoms with Crippen molar-refractivity contribution in [1.82, 2.24) is 4.72 Å². The van der Waals surface area contributed by atoms with Crippen LogP contribution in [0.15, 0.2) is 23.1 Å². The molecule has 25 heavy (non-hydrogen) atoms. The third-order valence-corrected chi connectivity index (χ3v) is 6.12. The molecular formula is C17H21IN2O4S. The molecule has 0 amide bonds. The molecule has 0 heterocycles. The number of hydrogen-bond acceptors (Lipinski definition) is 5. The quantitative estimate of drug-likeness (QED) is 0.388. The van der Waals surface area contributed by atoms with E-state index in [1.807, 2.05) is 22.6 Å². The molecule has 2 rings (SSSR count). The van der Waals surface area contributed by atoms with Gasteiger partial charge in [0.1, 0.15) is 0 Å². The van der Waals surface area contributed by atoms with Crippen LogP contribution in [0.1, 0.15) is 31.2 Å². The summed E-state index contributed by atoms with van der Waals surface area (Å²) < 4.78 is 35.6. The van der Waals surface area contributed by atoms with Crippen molar-refractivity contribution in [3.8, 4) is 9.85 Å². The maximum atomic E-state index is 12.6. The highest BCUT2D eigenvalue weighted by Gasteiger charge is 2.29. The van der Waals surface area contributed by atoms with Crippen LogP contribution >= 0.6 is 22.6 Å². The highest BCUT2D eigenvalue weighted by atomic mass is 127. The Morgan fingerprint density at radius 2 is 1.96 bits per heavy atom. The standard InChI is InChI=1S/C17H21IN2O4S/c1-19-16-11-15(8-5-12(16)9-10-18)25(22,23)20-14-6-3-13(4-7-14)17(21)24-2/h5,8,11,13-14,19-20H,3-4,6-7H2,1-2H3. The Hall–Kier alpha value is -1.31. The molecule has 0 aromatic heterocycles. The number of nitrogens with one attached hydrogen (secondary N) is 2. The summed E-state index contributed by atoms with van der Waals surface area (Å²) in [5.41, 5.74) is 1.41. The first kappa shape index (κ1) is 20.0. The van der Waals surface area contributed by atoms with Crippen LogP contribution in [0.3, 0.4) is 0 Å². The number of anilines is 1. The molecule has 1 saturated carbocycles. The number of carbonyl (C=O) groups is 1. The molecule has 1 aliphatic carbocycles. The van der Waals surface area contributed by atoms with Gasteiger partial charge in [-0.2, -0.15) is 0 Å². The number of benzene rings is 1. The van der Waals surface area contributed by atoms with E-state index in [4.69, 9.17) is 4.74 Å². The van der Waals surface area contributed by atoms with E-state index in [0.29, 0.717) is 31.4 Å². The first-order valence-corrected chi connectivity index (χ1v) is 10.5. The summed E-state index contributed by atoms with van der Waals surface area (Å²) in [4.78, 5) is 11.8. The van der Waals surface area contributed by atoms with Crippen LogP contribution in [0.5, 0.6) is 0 Å². The van der Waals surface area contributed by atoms with E-state index in [1.54, 1.807) is 25.2 Å². The van der Waals surface area contributed by atoms with Gasteiger partial charge in [0.2, 0.25) is 10.0 Å². The summed E-state index contributed by atoms with van der Waals surface area (Å²) in [6, 6.07) is 4.66. The van der Waals surface area contributed by atoms with E-state index in [-0.39, 0.29) is 22.8 Å². The maximum absolute atomic E-state index is 12.6. The number of methoxy groups -OCH3 is 1. The molecule has 8 heteroatoms. The van der Waals surface area contributed by atoms with Gasteiger partial charge in [-0.15, -0.1) is 0 Å². The number of esters is 1. The molecule has 0 saturated heterocycles. The van der Waals surface area contributed by atoms with Crippen LogP contribution in [-0.4, -0.2) is 34.6 Å². The van der Waals surface area contributed by atoms with Gasteiger partial charge >= 0.3 is 5.97 Å². The van der Waals surface area contributed by atoms with Crippen molar-refractivity contribution in [2.24, 2.45) is 5.92 Å². The second-order valence-electron chi connectivity index (χ2n) is 5.87. The van der Waals surface area contributed by atoms with Gasteiger partial charge in [0, 0.05) is 41.2 Å². The van der Waals surface area contributed by atoms with Gasteiger partial charge < -0.3 is 10.1 Å². The first-order chi connectivity index (χ1) is 11.9. The van der Waals surface area contributed by atoms with Crippen molar-refractivity contribution in [1.29, 1.82) is 0 Å². The minimum atomic E-state index is -3.62. The van der Waals surface area contributed by atoms with E-state index < -0.39 is 10.0 Å². The molecule has 1 aliphatic rings. The first-order valence-electron chi connectivity index (χ1n) is 7.95. The minimum Gasteiger partial charge on any atom is -0.469 e. The lowest BCUT2D eigenvalue weighted by Crippen LogP contribution is -2.38. The average molecular weight is 476 g/mol. The number of hydrogen-bond donors (Lipinski definition) is 2. The van der Waals surface area contributed by atoms with Gasteiger partial charge in [-0.3, -0.25) is 4.79 Å². The Labute approximate surface area is 162 Å². The molecule has 2 N–H and O–H groups in total. The molecule has 0 spiro atoms. The summed E-state index contributed by atoms with van der Waals surface area (Å²) in [7, 11) is -0.518. The molecule has 0 atom stereocenters. The van der Waals surface area contributed by atoms with Gasteiger partial charge in [0.25, 0.3) is 0 Å². The van der Waals surface area contributed by atoms with Crippen LogP contribution in [0.2, 0.25) is 0 Å². The molecule has 1 aromatic rings. The number of rotatable bonds is 5. The van der Waals surface area contributed by atoms with Crippen molar-refractivity contribution in [3.63, 3.8) is 0 Å². The third kappa shape index (κ3) is 5.09. The third-order valence-electron chi connectivity index (χ3n) is 4.34. The summed E-state index contributed by atoms with van der Waals surface area (Å²) in [6.45, 7) is 0. The van der Waals surface area contributed by atoms with Gasteiger partial charge in [-0.05, 0) is 47.8 Å². The van der Waals surface area contributed by atoms with Gasteiger partial charge in [0.15, 0.2) is 0 Å². The van der Waals surface area contributed by atoms with E-state index in [9.17, 15) is 13.2 Å². The highest BCUT2D eigenvalue weighted by molar-refractivity contribution is 14.1. The van der Waals surface area contributed by atoms with Crippen LogP contribution in [0.25, 0.3) is 0 Å². The normalized spacial score (nSPS) is 20.3. The fourth-order valence-corrected chi connectivity index (χ4v) is 4.58. The topological polar surface area (TPSA) is 84.5 Å². The fourth-order valence-electron chi connectivity index (χ4n) is 2.96. The predicted molar refractivity (Wildman–Crippen MR) is 105 cm³/mol. The lowest BCUT2D eigenvalue weighted by atomic mass is 9.86. The van der Waals surface area contributed by atoms with Crippen LogP contribution in [0, 0.1) is 15.8 Å². The van der Waals surface area contributed by atoms with Gasteiger partial charge in [-0.25, -0.2) is 13.1 Å². The van der Waals surface area contributed by atoms with E-state index >= 15 is 0 Å². The zero-order valence-electron chi connectivity index (χ0n) is 14.1. The Morgan fingerprint density at radius 3 is 2.52 bits per heavy atom. The van der Waals surface area contributed by atoms with Crippen molar-refractivity contribution in [3.05, 3.63) is 23.8 Å². The molecule has 0 aliphatic heterocycles. The summed E-state index contributed by atoms with van der Waals surface area (Å²) in [5.74, 6) is 2.58. The van der Waals surface area contributed by atoms with Crippen molar-refractivity contribution in [2.75, 3.05) is 19.5 Å². The molecule has 0 radical (unpaired) electrons. The second kappa shape index (κ2) is 8.87. The fraction of sp³-hybridized carbons (Fsp3) is 0.471. The van der Waals surface area contributed by atoms with E-state index in [1.165, 1.54) is 7.11 Å². The van der Waals surface area contributed by atoms with Crippen molar-refractivity contribution in [2.45, 2.75) is 36.6 Å². The Kier molecular flexibility index (Phi) is 7.10. The Morgan fingerprint density at radius 1 is 1.28 bits per heavy atom. The maximum Gasteiger partial charge on any atom is 0.308 e. The molecule has 136 valence electrons. The summed E-state index contributed by atoms with van der Waals surface area (Å²) in [6.07, 6.45) is 2.50. The van der Waals surface area contributed by atoms with E-state index in [0.717, 1.165) is 5.56 Å². The SMILES string of the molecule is CNc1cc(S(=O)(=O)NC2CCC(C(=O)OC)CC2)ccc1C#CI. The van der Waals surface area contributed by atoms with Gasteiger partial charge in [0.05, 0.1) is 23.6 Å². The molecule has 1 aromatic carbocycles. The highest BCUT2D eigenvalue weighted by Crippen LogP contribution is 2.27. The van der Waals surface area contributed by atoms with Gasteiger partial charge in [-0.1, -0.05) is 5.92 Å². The number of sulfonamides is 1. The Bertz CT molecular complexity index is 791.